The molecule has 5 nitrogen and oxygen atoms in total. The number of ether oxygens (including phenoxy) is 1. The standard InChI is InChI=1S/C19H17F3N2O3S/c1-10(15-6-7-16(28-15)26-9-19(20,21)22)23-17(25)11-8-12(11)18-24-13-4-2-3-5-14(13)27-18/h2-7,10-12H,8-9H2,1H3,(H,23,25)/t10-,11+,12+/m1/s1. The van der Waals surface area contributed by atoms with E-state index < -0.39 is 12.8 Å². The second-order valence-corrected chi connectivity index (χ2v) is 7.84. The Morgan fingerprint density at radius 3 is 2.89 bits per heavy atom. The number of benzene rings is 1. The summed E-state index contributed by atoms with van der Waals surface area (Å²) in [6.45, 7) is 0.454. The zero-order valence-corrected chi connectivity index (χ0v) is 15.6. The molecule has 9 heteroatoms. The van der Waals surface area contributed by atoms with Crippen molar-refractivity contribution in [2.75, 3.05) is 6.61 Å². The van der Waals surface area contributed by atoms with Crippen molar-refractivity contribution < 1.29 is 27.1 Å². The molecule has 0 radical (unpaired) electrons. The third-order valence-corrected chi connectivity index (χ3v) is 5.70. The Balaban J connectivity index is 1.33. The van der Waals surface area contributed by atoms with Crippen molar-refractivity contribution in [2.24, 2.45) is 5.92 Å². The number of nitrogens with one attached hydrogen (secondary N) is 1. The summed E-state index contributed by atoms with van der Waals surface area (Å²) in [6, 6.07) is 10.2. The average Bonchev–Trinajstić information content (AvgIpc) is 3.11. The number of para-hydroxylation sites is 2. The Morgan fingerprint density at radius 1 is 1.36 bits per heavy atom. The van der Waals surface area contributed by atoms with Crippen molar-refractivity contribution in [3.05, 3.63) is 47.2 Å². The van der Waals surface area contributed by atoms with Crippen molar-refractivity contribution in [3.8, 4) is 5.06 Å². The number of rotatable bonds is 6. The molecule has 1 saturated carbocycles. The van der Waals surface area contributed by atoms with Gasteiger partial charge in [-0.25, -0.2) is 4.98 Å². The lowest BCUT2D eigenvalue weighted by Gasteiger charge is -2.12. The molecule has 1 aliphatic rings. The van der Waals surface area contributed by atoms with Gasteiger partial charge in [-0.1, -0.05) is 12.1 Å². The monoisotopic (exact) mass is 410 g/mol. The summed E-state index contributed by atoms with van der Waals surface area (Å²) in [5.74, 6) is 0.184. The fourth-order valence-corrected chi connectivity index (χ4v) is 3.85. The summed E-state index contributed by atoms with van der Waals surface area (Å²) in [5.41, 5.74) is 1.46. The van der Waals surface area contributed by atoms with Crippen LogP contribution in [0.15, 0.2) is 40.8 Å². The van der Waals surface area contributed by atoms with Gasteiger partial charge in [0, 0.05) is 10.8 Å². The van der Waals surface area contributed by atoms with E-state index in [1.807, 2.05) is 24.3 Å². The zero-order chi connectivity index (χ0) is 19.9. The first-order chi connectivity index (χ1) is 13.3. The smallest absolute Gasteiger partial charge is 0.422 e. The number of carbonyl (C=O) groups is 1. The Kier molecular flexibility index (Phi) is 4.78. The van der Waals surface area contributed by atoms with Crippen LogP contribution in [0.1, 0.15) is 36.1 Å². The molecule has 28 heavy (non-hydrogen) atoms. The lowest BCUT2D eigenvalue weighted by molar-refractivity contribution is -0.152. The number of hydrogen-bond acceptors (Lipinski definition) is 5. The number of fused-ring (bicyclic) bond motifs is 1. The van der Waals surface area contributed by atoms with Crippen LogP contribution in [-0.2, 0) is 4.79 Å². The molecule has 3 aromatic rings. The number of aromatic nitrogens is 1. The summed E-state index contributed by atoms with van der Waals surface area (Å²) < 4.78 is 47.1. The van der Waals surface area contributed by atoms with Crippen LogP contribution in [0.3, 0.4) is 0 Å². The molecule has 1 N–H and O–H groups in total. The topological polar surface area (TPSA) is 64.4 Å². The van der Waals surface area contributed by atoms with Gasteiger partial charge in [-0.3, -0.25) is 4.79 Å². The fourth-order valence-electron chi connectivity index (χ4n) is 3.00. The number of thiophene rings is 1. The molecular formula is C19H17F3N2O3S. The second-order valence-electron chi connectivity index (χ2n) is 6.76. The minimum Gasteiger partial charge on any atom is -0.475 e. The van der Waals surface area contributed by atoms with Crippen molar-refractivity contribution in [2.45, 2.75) is 31.5 Å². The van der Waals surface area contributed by atoms with E-state index in [4.69, 9.17) is 9.15 Å². The maximum Gasteiger partial charge on any atom is 0.422 e. The molecule has 1 fully saturated rings. The van der Waals surface area contributed by atoms with Gasteiger partial charge < -0.3 is 14.5 Å². The molecule has 0 spiro atoms. The fraction of sp³-hybridized carbons (Fsp3) is 0.368. The minimum absolute atomic E-state index is 0.0476. The molecular weight excluding hydrogens is 393 g/mol. The van der Waals surface area contributed by atoms with E-state index in [2.05, 4.69) is 10.3 Å². The van der Waals surface area contributed by atoms with Gasteiger partial charge >= 0.3 is 6.18 Å². The van der Waals surface area contributed by atoms with Crippen molar-refractivity contribution >= 4 is 28.3 Å². The number of oxazole rings is 1. The number of halogens is 3. The van der Waals surface area contributed by atoms with Crippen LogP contribution >= 0.6 is 11.3 Å². The van der Waals surface area contributed by atoms with E-state index in [1.54, 1.807) is 13.0 Å². The normalized spacial score (nSPS) is 20.1. The number of alkyl halides is 3. The maximum atomic E-state index is 12.5. The van der Waals surface area contributed by atoms with Crippen LogP contribution in [0.5, 0.6) is 5.06 Å². The molecule has 3 atom stereocenters. The summed E-state index contributed by atoms with van der Waals surface area (Å²) in [4.78, 5) is 17.7. The van der Waals surface area contributed by atoms with E-state index in [-0.39, 0.29) is 28.8 Å². The third-order valence-electron chi connectivity index (χ3n) is 4.52. The van der Waals surface area contributed by atoms with Crippen LogP contribution in [-0.4, -0.2) is 23.7 Å². The van der Waals surface area contributed by atoms with Gasteiger partial charge in [-0.05, 0) is 37.6 Å². The second kappa shape index (κ2) is 7.12. The van der Waals surface area contributed by atoms with Gasteiger partial charge in [-0.15, -0.1) is 11.3 Å². The molecule has 1 aromatic carbocycles. The first kappa shape index (κ1) is 18.8. The molecule has 148 valence electrons. The lowest BCUT2D eigenvalue weighted by atomic mass is 10.2. The SMILES string of the molecule is C[C@@H](NC(=O)[C@H]1C[C@@H]1c1nc2ccccc2o1)c1ccc(OCC(F)(F)F)s1. The van der Waals surface area contributed by atoms with Crippen molar-refractivity contribution in [3.63, 3.8) is 0 Å². The van der Waals surface area contributed by atoms with Gasteiger partial charge in [0.05, 0.1) is 12.0 Å². The molecule has 0 unspecified atom stereocenters. The highest BCUT2D eigenvalue weighted by Crippen LogP contribution is 2.48. The van der Waals surface area contributed by atoms with Crippen LogP contribution in [0.2, 0.25) is 0 Å². The maximum absolute atomic E-state index is 12.5. The molecule has 1 amide bonds. The average molecular weight is 410 g/mol. The predicted octanol–water partition coefficient (Wildman–Crippen LogP) is 4.81. The van der Waals surface area contributed by atoms with E-state index >= 15 is 0 Å². The Labute approximate surface area is 162 Å². The molecule has 1 aliphatic carbocycles. The number of hydrogen-bond donors (Lipinski definition) is 1. The van der Waals surface area contributed by atoms with Crippen LogP contribution in [0.4, 0.5) is 13.2 Å². The minimum atomic E-state index is -4.38. The molecule has 0 saturated heterocycles. The van der Waals surface area contributed by atoms with E-state index in [0.717, 1.165) is 21.7 Å². The summed E-state index contributed by atoms with van der Waals surface area (Å²) in [6.07, 6.45) is -3.72. The first-order valence-electron chi connectivity index (χ1n) is 8.75. The van der Waals surface area contributed by atoms with Gasteiger partial charge in [0.15, 0.2) is 23.1 Å². The van der Waals surface area contributed by atoms with Gasteiger partial charge in [-0.2, -0.15) is 13.2 Å². The highest BCUT2D eigenvalue weighted by Gasteiger charge is 2.47. The number of carbonyl (C=O) groups excluding carboxylic acids is 1. The highest BCUT2D eigenvalue weighted by molar-refractivity contribution is 7.13. The zero-order valence-electron chi connectivity index (χ0n) is 14.8. The van der Waals surface area contributed by atoms with E-state index in [9.17, 15) is 18.0 Å². The van der Waals surface area contributed by atoms with E-state index in [1.165, 1.54) is 6.07 Å². The lowest BCUT2D eigenvalue weighted by Crippen LogP contribution is -2.27. The summed E-state index contributed by atoms with van der Waals surface area (Å²) >= 11 is 1.09. The Bertz CT molecular complexity index is 965. The van der Waals surface area contributed by atoms with Crippen molar-refractivity contribution in [1.82, 2.24) is 10.3 Å². The number of amides is 1. The Hall–Kier alpha value is -2.55. The molecule has 0 aliphatic heterocycles. The van der Waals surface area contributed by atoms with E-state index in [0.29, 0.717) is 17.9 Å². The summed E-state index contributed by atoms with van der Waals surface area (Å²) in [5, 5.41) is 3.07. The number of nitrogens with zero attached hydrogens (tertiary/aromatic N) is 1. The van der Waals surface area contributed by atoms with Crippen LogP contribution in [0.25, 0.3) is 11.1 Å². The predicted molar refractivity (Wildman–Crippen MR) is 97.3 cm³/mol. The molecule has 2 aromatic heterocycles. The largest absolute Gasteiger partial charge is 0.475 e. The quantitative estimate of drug-likeness (QED) is 0.633. The highest BCUT2D eigenvalue weighted by atomic mass is 32.1. The molecule has 0 bridgehead atoms. The van der Waals surface area contributed by atoms with Crippen LogP contribution in [0, 0.1) is 5.92 Å². The summed E-state index contributed by atoms with van der Waals surface area (Å²) in [7, 11) is 0. The van der Waals surface area contributed by atoms with Crippen molar-refractivity contribution in [1.29, 1.82) is 0 Å². The molecule has 2 heterocycles. The Morgan fingerprint density at radius 2 is 2.14 bits per heavy atom. The third kappa shape index (κ3) is 4.14. The van der Waals surface area contributed by atoms with Gasteiger partial charge in [0.1, 0.15) is 5.52 Å². The van der Waals surface area contributed by atoms with Gasteiger partial charge in [0.25, 0.3) is 0 Å². The van der Waals surface area contributed by atoms with Crippen LogP contribution < -0.4 is 10.1 Å². The first-order valence-corrected chi connectivity index (χ1v) is 9.57. The molecule has 4 rings (SSSR count). The van der Waals surface area contributed by atoms with Gasteiger partial charge in [0.2, 0.25) is 5.91 Å².